The summed E-state index contributed by atoms with van der Waals surface area (Å²) in [7, 11) is 0. The Bertz CT molecular complexity index is 730. The van der Waals surface area contributed by atoms with Crippen LogP contribution in [0.5, 0.6) is 0 Å². The van der Waals surface area contributed by atoms with Crippen molar-refractivity contribution >= 4 is 29.2 Å². The van der Waals surface area contributed by atoms with E-state index in [1.165, 1.54) is 12.1 Å². The quantitative estimate of drug-likeness (QED) is 0.836. The molecule has 0 aliphatic carbocycles. The molecule has 0 fully saturated rings. The molecule has 0 bridgehead atoms. The van der Waals surface area contributed by atoms with Gasteiger partial charge in [-0.2, -0.15) is 0 Å². The number of carbonyl (C=O) groups is 2. The van der Waals surface area contributed by atoms with Crippen molar-refractivity contribution in [2.24, 2.45) is 0 Å². The van der Waals surface area contributed by atoms with Gasteiger partial charge in [0.25, 0.3) is 5.91 Å². The van der Waals surface area contributed by atoms with Crippen molar-refractivity contribution < 1.29 is 14.7 Å². The largest absolute Gasteiger partial charge is 0.545 e. The van der Waals surface area contributed by atoms with E-state index in [0.29, 0.717) is 5.57 Å². The molecule has 2 aromatic carbocycles. The van der Waals surface area contributed by atoms with Gasteiger partial charge in [0.05, 0.1) is 5.97 Å². The molecule has 0 unspecified atom stereocenters. The zero-order valence-electron chi connectivity index (χ0n) is 10.4. The smallest absolute Gasteiger partial charge is 0.256 e. The lowest BCUT2D eigenvalue weighted by molar-refractivity contribution is -0.255. The van der Waals surface area contributed by atoms with Gasteiger partial charge in [-0.25, -0.2) is 0 Å². The first-order chi connectivity index (χ1) is 9.65. The number of fused-ring (bicyclic) bond motifs is 1. The minimum absolute atomic E-state index is 0.114. The van der Waals surface area contributed by atoms with Gasteiger partial charge in [-0.3, -0.25) is 4.79 Å². The maximum Gasteiger partial charge on any atom is 0.256 e. The fourth-order valence-electron chi connectivity index (χ4n) is 2.16. The van der Waals surface area contributed by atoms with Gasteiger partial charge < -0.3 is 15.2 Å². The average molecular weight is 264 g/mol. The molecule has 2 aromatic rings. The highest BCUT2D eigenvalue weighted by molar-refractivity contribution is 6.34. The van der Waals surface area contributed by atoms with Crippen LogP contribution in [-0.4, -0.2) is 11.9 Å². The van der Waals surface area contributed by atoms with Crippen LogP contribution >= 0.6 is 0 Å². The van der Waals surface area contributed by atoms with E-state index in [9.17, 15) is 14.7 Å². The van der Waals surface area contributed by atoms with Crippen molar-refractivity contribution in [3.8, 4) is 0 Å². The normalized spacial score (nSPS) is 15.0. The van der Waals surface area contributed by atoms with Crippen LogP contribution in [0.2, 0.25) is 0 Å². The minimum atomic E-state index is -1.21. The van der Waals surface area contributed by atoms with Crippen molar-refractivity contribution in [1.29, 1.82) is 0 Å². The molecular weight excluding hydrogens is 254 g/mol. The van der Waals surface area contributed by atoms with Crippen molar-refractivity contribution in [3.63, 3.8) is 0 Å². The number of carbonyl (C=O) groups excluding carboxylic acids is 2. The second-order valence-electron chi connectivity index (χ2n) is 4.47. The van der Waals surface area contributed by atoms with Gasteiger partial charge in [-0.15, -0.1) is 0 Å². The zero-order chi connectivity index (χ0) is 14.1. The standard InChI is InChI=1S/C16H11NO3/c18-15-13(12-3-1-2-4-14(12)17-15)9-10-5-7-11(8-6-10)16(19)20/h1-9H,(H,17,18)(H,19,20)/p-1/b13-9-. The first-order valence-electron chi connectivity index (χ1n) is 6.09. The Labute approximate surface area is 115 Å². The fraction of sp³-hybridized carbons (Fsp3) is 0. The molecule has 98 valence electrons. The second kappa shape index (κ2) is 4.66. The van der Waals surface area contributed by atoms with E-state index in [0.717, 1.165) is 16.8 Å². The monoisotopic (exact) mass is 264 g/mol. The molecule has 1 heterocycles. The number of aromatic carboxylic acids is 1. The SMILES string of the molecule is O=C1Nc2ccccc2/C1=C/c1ccc(C(=O)[O-])cc1. The Morgan fingerprint density at radius 3 is 2.45 bits per heavy atom. The molecule has 0 saturated carbocycles. The number of hydrogen-bond acceptors (Lipinski definition) is 3. The Morgan fingerprint density at radius 1 is 1.05 bits per heavy atom. The van der Waals surface area contributed by atoms with Gasteiger partial charge in [-0.1, -0.05) is 42.5 Å². The summed E-state index contributed by atoms with van der Waals surface area (Å²) in [6.45, 7) is 0. The summed E-state index contributed by atoms with van der Waals surface area (Å²) in [4.78, 5) is 22.6. The number of carboxylic acids is 1. The summed E-state index contributed by atoms with van der Waals surface area (Å²) in [6.07, 6.45) is 1.74. The Hall–Kier alpha value is -2.88. The molecule has 0 spiro atoms. The van der Waals surface area contributed by atoms with Gasteiger partial charge in [0.1, 0.15) is 0 Å². The Kier molecular flexibility index (Phi) is 2.84. The molecule has 1 amide bonds. The summed E-state index contributed by atoms with van der Waals surface area (Å²) in [6, 6.07) is 13.6. The van der Waals surface area contributed by atoms with Gasteiger partial charge in [0, 0.05) is 16.8 Å². The lowest BCUT2D eigenvalue weighted by atomic mass is 10.0. The number of para-hydroxylation sites is 1. The van der Waals surface area contributed by atoms with E-state index in [4.69, 9.17) is 0 Å². The topological polar surface area (TPSA) is 69.2 Å². The van der Waals surface area contributed by atoms with E-state index in [-0.39, 0.29) is 11.5 Å². The third-order valence-corrected chi connectivity index (χ3v) is 3.17. The number of carboxylic acid groups (broad SMARTS) is 1. The van der Waals surface area contributed by atoms with Crippen LogP contribution in [0.4, 0.5) is 5.69 Å². The molecule has 4 heteroatoms. The van der Waals surface area contributed by atoms with Gasteiger partial charge in [0.15, 0.2) is 0 Å². The molecule has 3 rings (SSSR count). The summed E-state index contributed by atoms with van der Waals surface area (Å²) >= 11 is 0. The molecule has 0 aromatic heterocycles. The van der Waals surface area contributed by atoms with E-state index in [1.54, 1.807) is 18.2 Å². The van der Waals surface area contributed by atoms with Crippen LogP contribution in [0.1, 0.15) is 21.5 Å². The molecule has 0 radical (unpaired) electrons. The van der Waals surface area contributed by atoms with Gasteiger partial charge in [0.2, 0.25) is 0 Å². The van der Waals surface area contributed by atoms with Crippen LogP contribution in [0, 0.1) is 0 Å². The third kappa shape index (κ3) is 2.07. The summed E-state index contributed by atoms with van der Waals surface area (Å²) in [5, 5.41) is 13.5. The van der Waals surface area contributed by atoms with Crippen molar-refractivity contribution in [1.82, 2.24) is 0 Å². The van der Waals surface area contributed by atoms with E-state index in [1.807, 2.05) is 24.3 Å². The molecule has 0 saturated heterocycles. The fourth-order valence-corrected chi connectivity index (χ4v) is 2.16. The Balaban J connectivity index is 2.00. The Morgan fingerprint density at radius 2 is 1.75 bits per heavy atom. The van der Waals surface area contributed by atoms with Gasteiger partial charge >= 0.3 is 0 Å². The van der Waals surface area contributed by atoms with E-state index in [2.05, 4.69) is 5.32 Å². The van der Waals surface area contributed by atoms with Crippen LogP contribution in [0.3, 0.4) is 0 Å². The highest BCUT2D eigenvalue weighted by Gasteiger charge is 2.22. The zero-order valence-corrected chi connectivity index (χ0v) is 10.4. The van der Waals surface area contributed by atoms with Gasteiger partial charge in [-0.05, 0) is 23.3 Å². The molecule has 4 nitrogen and oxygen atoms in total. The lowest BCUT2D eigenvalue weighted by Gasteiger charge is -2.02. The number of nitrogens with one attached hydrogen (secondary N) is 1. The molecule has 1 aliphatic heterocycles. The number of rotatable bonds is 2. The lowest BCUT2D eigenvalue weighted by Crippen LogP contribution is -2.21. The molecule has 1 N–H and O–H groups in total. The maximum atomic E-state index is 11.9. The summed E-state index contributed by atoms with van der Waals surface area (Å²) in [5.74, 6) is -1.37. The maximum absolute atomic E-state index is 11.9. The molecular formula is C16H10NO3-. The number of amides is 1. The predicted octanol–water partition coefficient (Wildman–Crippen LogP) is 1.54. The molecule has 0 atom stereocenters. The number of anilines is 1. The average Bonchev–Trinajstić information content (AvgIpc) is 2.76. The first-order valence-corrected chi connectivity index (χ1v) is 6.09. The van der Waals surface area contributed by atoms with Crippen LogP contribution < -0.4 is 10.4 Å². The number of hydrogen-bond donors (Lipinski definition) is 1. The molecule has 1 aliphatic rings. The van der Waals surface area contributed by atoms with Crippen molar-refractivity contribution in [3.05, 3.63) is 65.2 Å². The number of benzene rings is 2. The highest BCUT2D eigenvalue weighted by atomic mass is 16.4. The minimum Gasteiger partial charge on any atom is -0.545 e. The van der Waals surface area contributed by atoms with Crippen molar-refractivity contribution in [2.75, 3.05) is 5.32 Å². The summed E-state index contributed by atoms with van der Waals surface area (Å²) < 4.78 is 0. The van der Waals surface area contributed by atoms with Crippen LogP contribution in [0.15, 0.2) is 48.5 Å². The summed E-state index contributed by atoms with van der Waals surface area (Å²) in [5.41, 5.74) is 3.08. The third-order valence-electron chi connectivity index (χ3n) is 3.17. The van der Waals surface area contributed by atoms with E-state index >= 15 is 0 Å². The van der Waals surface area contributed by atoms with Crippen LogP contribution in [0.25, 0.3) is 11.6 Å². The first kappa shape index (κ1) is 12.2. The predicted molar refractivity (Wildman–Crippen MR) is 73.7 cm³/mol. The second-order valence-corrected chi connectivity index (χ2v) is 4.47. The van der Waals surface area contributed by atoms with Crippen molar-refractivity contribution in [2.45, 2.75) is 0 Å². The highest BCUT2D eigenvalue weighted by Crippen LogP contribution is 2.32. The molecule has 20 heavy (non-hydrogen) atoms. The van der Waals surface area contributed by atoms with Crippen LogP contribution in [-0.2, 0) is 4.79 Å². The van der Waals surface area contributed by atoms with E-state index < -0.39 is 5.97 Å².